The van der Waals surface area contributed by atoms with Crippen LogP contribution in [0, 0.1) is 12.7 Å². The Labute approximate surface area is 121 Å². The number of nitrogens with two attached hydrogens (primary N) is 1. The molecule has 0 saturated heterocycles. The molecular weight excluding hydrogens is 295 g/mol. The van der Waals surface area contributed by atoms with Crippen molar-refractivity contribution in [3.05, 3.63) is 59.4 Å². The van der Waals surface area contributed by atoms with Crippen molar-refractivity contribution in [1.29, 1.82) is 0 Å². The van der Waals surface area contributed by atoms with Crippen LogP contribution in [0.25, 0.3) is 0 Å². The van der Waals surface area contributed by atoms with E-state index in [0.29, 0.717) is 5.56 Å². The summed E-state index contributed by atoms with van der Waals surface area (Å²) in [4.78, 5) is 11.9. The van der Waals surface area contributed by atoms with Gasteiger partial charge in [0, 0.05) is 5.69 Å². The van der Waals surface area contributed by atoms with Gasteiger partial charge in [0.25, 0.3) is 5.91 Å². The molecule has 21 heavy (non-hydrogen) atoms. The highest BCUT2D eigenvalue weighted by molar-refractivity contribution is 7.89. The third-order valence-corrected chi connectivity index (χ3v) is 3.92. The highest BCUT2D eigenvalue weighted by Gasteiger charge is 2.15. The number of hydrogen-bond donors (Lipinski definition) is 2. The van der Waals surface area contributed by atoms with Crippen LogP contribution >= 0.6 is 0 Å². The Morgan fingerprint density at radius 3 is 2.48 bits per heavy atom. The van der Waals surface area contributed by atoms with Gasteiger partial charge in [0.2, 0.25) is 10.0 Å². The third-order valence-electron chi connectivity index (χ3n) is 2.87. The summed E-state index contributed by atoms with van der Waals surface area (Å²) in [5.41, 5.74) is 0.550. The molecule has 0 radical (unpaired) electrons. The molecule has 0 aliphatic rings. The average Bonchev–Trinajstić information content (AvgIpc) is 2.40. The molecule has 1 amide bonds. The van der Waals surface area contributed by atoms with Crippen molar-refractivity contribution in [3.8, 4) is 0 Å². The topological polar surface area (TPSA) is 89.3 Å². The fourth-order valence-corrected chi connectivity index (χ4v) is 2.64. The van der Waals surface area contributed by atoms with Gasteiger partial charge in [0.1, 0.15) is 5.82 Å². The molecule has 0 fully saturated rings. The van der Waals surface area contributed by atoms with Crippen LogP contribution in [0.15, 0.2) is 47.4 Å². The Kier molecular flexibility index (Phi) is 4.06. The summed E-state index contributed by atoms with van der Waals surface area (Å²) in [6.07, 6.45) is 0. The maximum atomic E-state index is 13.5. The molecule has 2 aromatic rings. The van der Waals surface area contributed by atoms with Crippen molar-refractivity contribution in [3.63, 3.8) is 0 Å². The molecule has 0 aliphatic heterocycles. The molecule has 0 heterocycles. The monoisotopic (exact) mass is 308 g/mol. The van der Waals surface area contributed by atoms with Crippen molar-refractivity contribution < 1.29 is 17.6 Å². The molecule has 0 aliphatic carbocycles. The standard InChI is InChI=1S/C14H13FN2O3S/c1-9-6-7-10(8-13(9)21(16,19)20)17-14(18)11-4-2-3-5-12(11)15/h2-8H,1H3,(H,17,18)(H2,16,19,20). The Morgan fingerprint density at radius 1 is 1.19 bits per heavy atom. The quantitative estimate of drug-likeness (QED) is 0.909. The number of halogens is 1. The normalized spacial score (nSPS) is 11.2. The number of hydrogen-bond acceptors (Lipinski definition) is 3. The van der Waals surface area contributed by atoms with E-state index >= 15 is 0 Å². The van der Waals surface area contributed by atoms with Crippen LogP contribution in [0.5, 0.6) is 0 Å². The van der Waals surface area contributed by atoms with Crippen LogP contribution in [0.3, 0.4) is 0 Å². The Hall–Kier alpha value is -2.25. The minimum atomic E-state index is -3.89. The van der Waals surface area contributed by atoms with Gasteiger partial charge in [-0.1, -0.05) is 18.2 Å². The van der Waals surface area contributed by atoms with Crippen LogP contribution < -0.4 is 10.5 Å². The first kappa shape index (κ1) is 15.1. The van der Waals surface area contributed by atoms with Gasteiger partial charge in [0.05, 0.1) is 10.5 Å². The van der Waals surface area contributed by atoms with Crippen LogP contribution in [-0.2, 0) is 10.0 Å². The smallest absolute Gasteiger partial charge is 0.258 e. The molecule has 2 aromatic carbocycles. The minimum absolute atomic E-state index is 0.0890. The van der Waals surface area contributed by atoms with E-state index < -0.39 is 21.7 Å². The van der Waals surface area contributed by atoms with E-state index in [-0.39, 0.29) is 16.1 Å². The van der Waals surface area contributed by atoms with Gasteiger partial charge >= 0.3 is 0 Å². The number of rotatable bonds is 3. The molecule has 2 rings (SSSR count). The fraction of sp³-hybridized carbons (Fsp3) is 0.0714. The molecule has 0 unspecified atom stereocenters. The lowest BCUT2D eigenvalue weighted by atomic mass is 10.2. The minimum Gasteiger partial charge on any atom is -0.322 e. The average molecular weight is 308 g/mol. The third kappa shape index (κ3) is 3.45. The first-order chi connectivity index (χ1) is 9.79. The number of benzene rings is 2. The van der Waals surface area contributed by atoms with Gasteiger partial charge in [-0.25, -0.2) is 17.9 Å². The Bertz CT molecular complexity index is 804. The van der Waals surface area contributed by atoms with Crippen molar-refractivity contribution in [2.75, 3.05) is 5.32 Å². The molecule has 0 saturated carbocycles. The van der Waals surface area contributed by atoms with Crippen molar-refractivity contribution in [2.24, 2.45) is 5.14 Å². The van der Waals surface area contributed by atoms with E-state index in [1.165, 1.54) is 42.5 Å². The van der Waals surface area contributed by atoms with Crippen LogP contribution in [0.2, 0.25) is 0 Å². The number of anilines is 1. The van der Waals surface area contributed by atoms with Gasteiger partial charge in [0.15, 0.2) is 0 Å². The van der Waals surface area contributed by atoms with Crippen LogP contribution in [0.1, 0.15) is 15.9 Å². The molecule has 7 heteroatoms. The molecule has 3 N–H and O–H groups in total. The van der Waals surface area contributed by atoms with Crippen molar-refractivity contribution >= 4 is 21.6 Å². The van der Waals surface area contributed by atoms with Crippen molar-refractivity contribution in [1.82, 2.24) is 0 Å². The second-order valence-electron chi connectivity index (χ2n) is 4.46. The highest BCUT2D eigenvalue weighted by atomic mass is 32.2. The number of carbonyl (C=O) groups is 1. The lowest BCUT2D eigenvalue weighted by Gasteiger charge is -2.09. The van der Waals surface area contributed by atoms with Gasteiger partial charge < -0.3 is 5.32 Å². The van der Waals surface area contributed by atoms with Gasteiger partial charge in [-0.2, -0.15) is 0 Å². The lowest BCUT2D eigenvalue weighted by Crippen LogP contribution is -2.16. The number of primary sulfonamides is 1. The van der Waals surface area contributed by atoms with Gasteiger partial charge in [-0.15, -0.1) is 0 Å². The van der Waals surface area contributed by atoms with E-state index in [1.54, 1.807) is 6.92 Å². The molecule has 0 spiro atoms. The molecule has 110 valence electrons. The van der Waals surface area contributed by atoms with Gasteiger partial charge in [-0.3, -0.25) is 4.79 Å². The maximum Gasteiger partial charge on any atom is 0.258 e. The van der Waals surface area contributed by atoms with Crippen LogP contribution in [0.4, 0.5) is 10.1 Å². The summed E-state index contributed by atoms with van der Waals surface area (Å²) < 4.78 is 36.3. The van der Waals surface area contributed by atoms with E-state index in [0.717, 1.165) is 0 Å². The first-order valence-electron chi connectivity index (χ1n) is 5.98. The Morgan fingerprint density at radius 2 is 1.86 bits per heavy atom. The van der Waals surface area contributed by atoms with Gasteiger partial charge in [-0.05, 0) is 36.8 Å². The fourth-order valence-electron chi connectivity index (χ4n) is 1.83. The zero-order chi connectivity index (χ0) is 15.6. The first-order valence-corrected chi connectivity index (χ1v) is 7.53. The molecule has 5 nitrogen and oxygen atoms in total. The summed E-state index contributed by atoms with van der Waals surface area (Å²) in [7, 11) is -3.89. The molecule has 0 bridgehead atoms. The molecular formula is C14H13FN2O3S. The number of carbonyl (C=O) groups excluding carboxylic acids is 1. The zero-order valence-corrected chi connectivity index (χ0v) is 11.9. The largest absolute Gasteiger partial charge is 0.322 e. The summed E-state index contributed by atoms with van der Waals surface area (Å²) in [5.74, 6) is -1.33. The summed E-state index contributed by atoms with van der Waals surface area (Å²) in [6.45, 7) is 1.59. The van der Waals surface area contributed by atoms with E-state index in [1.807, 2.05) is 0 Å². The lowest BCUT2D eigenvalue weighted by molar-refractivity contribution is 0.102. The number of aryl methyl sites for hydroxylation is 1. The zero-order valence-electron chi connectivity index (χ0n) is 11.1. The van der Waals surface area contributed by atoms with Crippen molar-refractivity contribution in [2.45, 2.75) is 11.8 Å². The van der Waals surface area contributed by atoms with E-state index in [4.69, 9.17) is 5.14 Å². The highest BCUT2D eigenvalue weighted by Crippen LogP contribution is 2.20. The Balaban J connectivity index is 2.33. The number of nitrogens with one attached hydrogen (secondary N) is 1. The summed E-state index contributed by atoms with van der Waals surface area (Å²) in [6, 6.07) is 9.77. The number of amides is 1. The predicted octanol–water partition coefficient (Wildman–Crippen LogP) is 2.03. The maximum absolute atomic E-state index is 13.5. The predicted molar refractivity (Wildman–Crippen MR) is 76.9 cm³/mol. The van der Waals surface area contributed by atoms with Crippen LogP contribution in [-0.4, -0.2) is 14.3 Å². The number of sulfonamides is 1. The second-order valence-corrected chi connectivity index (χ2v) is 5.99. The summed E-state index contributed by atoms with van der Waals surface area (Å²) >= 11 is 0. The molecule has 0 atom stereocenters. The SMILES string of the molecule is Cc1ccc(NC(=O)c2ccccc2F)cc1S(N)(=O)=O. The second kappa shape index (κ2) is 5.63. The van der Waals surface area contributed by atoms with E-state index in [2.05, 4.69) is 5.32 Å². The van der Waals surface area contributed by atoms with E-state index in [9.17, 15) is 17.6 Å². The summed E-state index contributed by atoms with van der Waals surface area (Å²) in [5, 5.41) is 7.53. The molecule has 0 aromatic heterocycles.